The number of nitrogens with two attached hydrogens (primary N) is 4. The van der Waals surface area contributed by atoms with E-state index in [-0.39, 0.29) is 51.0 Å². The monoisotopic (exact) mass is 617 g/mol. The number of hydrogen-bond donors (Lipinski definition) is 10. The van der Waals surface area contributed by atoms with Crippen molar-refractivity contribution in [1.29, 1.82) is 0 Å². The molecule has 4 atom stereocenters. The second-order valence-electron chi connectivity index (χ2n) is 10.1. The first-order valence-corrected chi connectivity index (χ1v) is 13.8. The molecule has 2 rings (SSSR count). The topological polar surface area (TPSA) is 311 Å². The van der Waals surface area contributed by atoms with Gasteiger partial charge in [-0.15, -0.1) is 0 Å². The molecule has 4 unspecified atom stereocenters. The lowest BCUT2D eigenvalue weighted by molar-refractivity contribution is -0.142. The van der Waals surface area contributed by atoms with Crippen LogP contribution in [0.4, 0.5) is 0 Å². The van der Waals surface area contributed by atoms with E-state index >= 15 is 0 Å². The number of carbonyl (C=O) groups excluding carboxylic acids is 4. The van der Waals surface area contributed by atoms with Gasteiger partial charge in [-0.2, -0.15) is 0 Å². The van der Waals surface area contributed by atoms with Gasteiger partial charge in [0.15, 0.2) is 5.96 Å². The highest BCUT2D eigenvalue weighted by Gasteiger charge is 2.31. The molecule has 17 heteroatoms. The van der Waals surface area contributed by atoms with Gasteiger partial charge in [-0.05, 0) is 37.3 Å². The van der Waals surface area contributed by atoms with Crippen molar-refractivity contribution in [2.45, 2.75) is 69.1 Å². The van der Waals surface area contributed by atoms with Crippen molar-refractivity contribution in [1.82, 2.24) is 20.9 Å². The molecular weight excluding hydrogens is 578 g/mol. The Balaban J connectivity index is 2.23. The zero-order valence-corrected chi connectivity index (χ0v) is 24.0. The summed E-state index contributed by atoms with van der Waals surface area (Å²) in [6.07, 6.45) is 0.591. The van der Waals surface area contributed by atoms with Gasteiger partial charge in [-0.3, -0.25) is 29.0 Å². The predicted octanol–water partition coefficient (Wildman–Crippen LogP) is -2.24. The van der Waals surface area contributed by atoms with Gasteiger partial charge in [-0.1, -0.05) is 18.2 Å². The van der Waals surface area contributed by atoms with E-state index in [9.17, 15) is 33.9 Å². The Kier molecular flexibility index (Phi) is 13.6. The number of rotatable bonds is 19. The van der Waals surface area contributed by atoms with Crippen LogP contribution in [0.2, 0.25) is 0 Å². The molecule has 0 saturated heterocycles. The number of aliphatic carboxylic acids is 2. The van der Waals surface area contributed by atoms with Crippen molar-refractivity contribution >= 4 is 52.4 Å². The number of carbonyl (C=O) groups is 6. The van der Waals surface area contributed by atoms with Crippen LogP contribution in [0.1, 0.15) is 44.1 Å². The molecule has 14 N–H and O–H groups in total. The first-order valence-electron chi connectivity index (χ1n) is 13.8. The molecule has 240 valence electrons. The van der Waals surface area contributed by atoms with Crippen molar-refractivity contribution in [2.75, 3.05) is 6.54 Å². The molecule has 2 aromatic rings. The molecule has 0 aliphatic carbocycles. The Morgan fingerprint density at radius 3 is 2.05 bits per heavy atom. The van der Waals surface area contributed by atoms with Crippen LogP contribution in [0.3, 0.4) is 0 Å². The lowest BCUT2D eigenvalue weighted by Gasteiger charge is -2.25. The number of aromatic nitrogens is 1. The minimum Gasteiger partial charge on any atom is -0.481 e. The minimum atomic E-state index is -1.37. The summed E-state index contributed by atoms with van der Waals surface area (Å²) in [7, 11) is 0. The average Bonchev–Trinajstić information content (AvgIpc) is 3.37. The lowest BCUT2D eigenvalue weighted by atomic mass is 10.0. The maximum Gasteiger partial charge on any atom is 0.326 e. The molecule has 44 heavy (non-hydrogen) atoms. The number of H-pyrrole nitrogens is 1. The Morgan fingerprint density at radius 1 is 0.818 bits per heavy atom. The first-order chi connectivity index (χ1) is 20.8. The summed E-state index contributed by atoms with van der Waals surface area (Å²) in [6, 6.07) is 1.94. The Hall–Kier alpha value is -5.19. The fourth-order valence-electron chi connectivity index (χ4n) is 4.28. The lowest BCUT2D eigenvalue weighted by Crippen LogP contribution is -2.57. The first kappa shape index (κ1) is 35.0. The normalized spacial score (nSPS) is 13.6. The van der Waals surface area contributed by atoms with Crippen molar-refractivity contribution in [3.8, 4) is 0 Å². The third-order valence-corrected chi connectivity index (χ3v) is 6.61. The summed E-state index contributed by atoms with van der Waals surface area (Å²) < 4.78 is 0. The number of aromatic amines is 1. The minimum absolute atomic E-state index is 0.0254. The quantitative estimate of drug-likeness (QED) is 0.0456. The van der Waals surface area contributed by atoms with Crippen molar-refractivity contribution in [3.63, 3.8) is 0 Å². The largest absolute Gasteiger partial charge is 0.481 e. The summed E-state index contributed by atoms with van der Waals surface area (Å²) in [6.45, 7) is 0.0972. The van der Waals surface area contributed by atoms with Gasteiger partial charge in [-0.25, -0.2) is 4.79 Å². The molecule has 1 heterocycles. The number of para-hydroxylation sites is 1. The summed E-state index contributed by atoms with van der Waals surface area (Å²) in [5, 5.41) is 26.8. The van der Waals surface area contributed by atoms with Crippen molar-refractivity contribution in [3.05, 3.63) is 36.0 Å². The fraction of sp³-hybridized carbons (Fsp3) is 0.444. The van der Waals surface area contributed by atoms with E-state index in [2.05, 4.69) is 25.9 Å². The molecule has 0 aliphatic rings. The molecule has 17 nitrogen and oxygen atoms in total. The SMILES string of the molecule is NC(=O)CCC(NC(=O)C(N)CCC(=O)O)C(=O)NC(CCCN=C(N)N)C(=O)NC(Cc1c[nH]c2ccccc12)C(=O)O. The van der Waals surface area contributed by atoms with E-state index in [0.717, 1.165) is 10.9 Å². The second-order valence-corrected chi connectivity index (χ2v) is 10.1. The zero-order chi connectivity index (χ0) is 32.8. The van der Waals surface area contributed by atoms with E-state index in [1.54, 1.807) is 12.3 Å². The number of benzene rings is 1. The van der Waals surface area contributed by atoms with Crippen LogP contribution in [0.25, 0.3) is 10.9 Å². The Morgan fingerprint density at radius 2 is 1.43 bits per heavy atom. The Labute approximate surface area is 252 Å². The molecule has 0 radical (unpaired) electrons. The number of guanidine groups is 1. The van der Waals surface area contributed by atoms with E-state index in [4.69, 9.17) is 28.0 Å². The van der Waals surface area contributed by atoms with Gasteiger partial charge in [0, 0.05) is 42.9 Å². The summed E-state index contributed by atoms with van der Waals surface area (Å²) in [5.74, 6) is -5.99. The third kappa shape index (κ3) is 11.6. The fourth-order valence-corrected chi connectivity index (χ4v) is 4.28. The highest BCUT2D eigenvalue weighted by Crippen LogP contribution is 2.19. The van der Waals surface area contributed by atoms with E-state index < -0.39 is 66.2 Å². The number of fused-ring (bicyclic) bond motifs is 1. The van der Waals surface area contributed by atoms with Crippen LogP contribution in [-0.4, -0.2) is 87.4 Å². The summed E-state index contributed by atoms with van der Waals surface area (Å²) in [4.78, 5) is 80.5. The molecule has 0 aliphatic heterocycles. The van der Waals surface area contributed by atoms with E-state index in [1.165, 1.54) is 0 Å². The number of hydrogen-bond acceptors (Lipinski definition) is 8. The van der Waals surface area contributed by atoms with Crippen LogP contribution in [-0.2, 0) is 35.2 Å². The number of nitrogens with one attached hydrogen (secondary N) is 4. The van der Waals surface area contributed by atoms with Crippen molar-refractivity contribution < 1.29 is 39.0 Å². The zero-order valence-electron chi connectivity index (χ0n) is 24.0. The van der Waals surface area contributed by atoms with Crippen LogP contribution < -0.4 is 38.9 Å². The molecule has 0 bridgehead atoms. The third-order valence-electron chi connectivity index (χ3n) is 6.61. The van der Waals surface area contributed by atoms with Gasteiger partial charge < -0.3 is 54.1 Å². The van der Waals surface area contributed by atoms with Crippen molar-refractivity contribution in [2.24, 2.45) is 27.9 Å². The second kappa shape index (κ2) is 17.1. The van der Waals surface area contributed by atoms with Gasteiger partial charge in [0.1, 0.15) is 18.1 Å². The number of aliphatic imine (C=N–C) groups is 1. The molecular formula is C27H39N9O8. The molecule has 1 aromatic carbocycles. The van der Waals surface area contributed by atoms with E-state index in [1.807, 2.05) is 18.2 Å². The predicted molar refractivity (Wildman–Crippen MR) is 159 cm³/mol. The summed E-state index contributed by atoms with van der Waals surface area (Å²) >= 11 is 0. The molecule has 0 saturated carbocycles. The van der Waals surface area contributed by atoms with Gasteiger partial charge in [0.25, 0.3) is 0 Å². The maximum absolute atomic E-state index is 13.4. The van der Waals surface area contributed by atoms with Crippen LogP contribution >= 0.6 is 0 Å². The molecule has 1 aromatic heterocycles. The number of amides is 4. The number of carboxylic acid groups (broad SMARTS) is 2. The van der Waals surface area contributed by atoms with Crippen LogP contribution in [0.5, 0.6) is 0 Å². The van der Waals surface area contributed by atoms with Crippen LogP contribution in [0.15, 0.2) is 35.5 Å². The van der Waals surface area contributed by atoms with Gasteiger partial charge in [0.05, 0.1) is 6.04 Å². The standard InChI is InChI=1S/C27H39N9O8/c28-16(7-10-22(38)39)23(40)34-19(8-9-21(29)37)25(42)35-18(6-3-11-32-27(30)31)24(41)36-20(26(43)44)12-14-13-33-17-5-2-1-4-15(14)17/h1-2,4-5,13,16,18-20,33H,3,6-12,28H2,(H2,29,37)(H,34,40)(H,35,42)(H,36,41)(H,38,39)(H,43,44)(H4,30,31,32). The smallest absolute Gasteiger partial charge is 0.326 e. The Bertz CT molecular complexity index is 1370. The maximum atomic E-state index is 13.4. The average molecular weight is 618 g/mol. The molecule has 0 fully saturated rings. The van der Waals surface area contributed by atoms with E-state index in [0.29, 0.717) is 5.56 Å². The number of nitrogens with zero attached hydrogens (tertiary/aromatic N) is 1. The molecule has 4 amide bonds. The summed E-state index contributed by atoms with van der Waals surface area (Å²) in [5.41, 5.74) is 23.1. The van der Waals surface area contributed by atoms with Gasteiger partial charge >= 0.3 is 11.9 Å². The highest BCUT2D eigenvalue weighted by atomic mass is 16.4. The molecule has 0 spiro atoms. The van der Waals surface area contributed by atoms with Crippen LogP contribution in [0, 0.1) is 0 Å². The number of carboxylic acids is 2. The number of primary amides is 1. The highest BCUT2D eigenvalue weighted by molar-refractivity contribution is 5.94. The van der Waals surface area contributed by atoms with Gasteiger partial charge in [0.2, 0.25) is 23.6 Å².